The Morgan fingerprint density at radius 1 is 1.22 bits per heavy atom. The number of rotatable bonds is 3. The van der Waals surface area contributed by atoms with Crippen molar-refractivity contribution >= 4 is 40.0 Å². The van der Waals surface area contributed by atoms with E-state index < -0.39 is 5.82 Å². The molecule has 0 aliphatic rings. The third-order valence-corrected chi connectivity index (χ3v) is 3.75. The second-order valence-corrected chi connectivity index (χ2v) is 5.34. The van der Waals surface area contributed by atoms with Crippen LogP contribution in [0.25, 0.3) is 16.8 Å². The van der Waals surface area contributed by atoms with Crippen molar-refractivity contribution < 1.29 is 9.13 Å². The molecule has 4 aromatic rings. The summed E-state index contributed by atoms with van der Waals surface area (Å²) in [6, 6.07) is 9.95. The average Bonchev–Trinajstić information content (AvgIpc) is 3.07. The molecular formula is C15H11ClFN5O. The third kappa shape index (κ3) is 2.35. The van der Waals surface area contributed by atoms with E-state index in [1.54, 1.807) is 17.7 Å². The van der Waals surface area contributed by atoms with Crippen LogP contribution in [0.15, 0.2) is 36.4 Å². The van der Waals surface area contributed by atoms with Gasteiger partial charge in [-0.05, 0) is 30.3 Å². The second-order valence-electron chi connectivity index (χ2n) is 4.93. The van der Waals surface area contributed by atoms with Crippen LogP contribution in [0.5, 0.6) is 5.75 Å². The quantitative estimate of drug-likeness (QED) is 0.600. The van der Waals surface area contributed by atoms with E-state index >= 15 is 0 Å². The molecule has 0 bridgehead atoms. The molecule has 0 amide bonds. The summed E-state index contributed by atoms with van der Waals surface area (Å²) >= 11 is 5.77. The van der Waals surface area contributed by atoms with Gasteiger partial charge >= 0.3 is 0 Å². The van der Waals surface area contributed by atoms with Crippen LogP contribution < -0.4 is 10.1 Å². The lowest BCUT2D eigenvalue weighted by Gasteiger charge is -2.03. The van der Waals surface area contributed by atoms with E-state index in [1.165, 1.54) is 12.1 Å². The van der Waals surface area contributed by atoms with E-state index in [4.69, 9.17) is 16.3 Å². The summed E-state index contributed by atoms with van der Waals surface area (Å²) in [6.45, 7) is 0. The smallest absolute Gasteiger partial charge is 0.253 e. The topological polar surface area (TPSA) is 67.2 Å². The number of benzene rings is 2. The van der Waals surface area contributed by atoms with Crippen molar-refractivity contribution in [2.45, 2.75) is 0 Å². The van der Waals surface area contributed by atoms with Crippen LogP contribution in [0.4, 0.5) is 16.0 Å². The number of nitrogens with zero attached hydrogens (tertiary/aromatic N) is 3. The molecular weight excluding hydrogens is 321 g/mol. The molecule has 116 valence electrons. The molecule has 0 aliphatic heterocycles. The van der Waals surface area contributed by atoms with Crippen LogP contribution >= 0.6 is 11.6 Å². The van der Waals surface area contributed by atoms with Crippen molar-refractivity contribution in [3.63, 3.8) is 0 Å². The van der Waals surface area contributed by atoms with Crippen molar-refractivity contribution in [2.75, 3.05) is 12.4 Å². The number of anilines is 2. The number of ether oxygens (including phenoxy) is 1. The number of aromatic amines is 1. The maximum Gasteiger partial charge on any atom is 0.253 e. The van der Waals surface area contributed by atoms with E-state index in [-0.39, 0.29) is 5.02 Å². The molecule has 0 aliphatic carbocycles. The fraction of sp³-hybridized carbons (Fsp3) is 0.0667. The molecule has 23 heavy (non-hydrogen) atoms. The molecule has 0 unspecified atom stereocenters. The third-order valence-electron chi connectivity index (χ3n) is 3.46. The number of hydrogen-bond donors (Lipinski definition) is 2. The van der Waals surface area contributed by atoms with Gasteiger partial charge in [-0.1, -0.05) is 11.6 Å². The Labute approximate surface area is 134 Å². The van der Waals surface area contributed by atoms with Crippen molar-refractivity contribution in [2.24, 2.45) is 0 Å². The number of methoxy groups -OCH3 is 1. The van der Waals surface area contributed by atoms with E-state index in [0.717, 1.165) is 16.8 Å². The molecule has 0 saturated carbocycles. The number of aromatic nitrogens is 4. The van der Waals surface area contributed by atoms with Crippen LogP contribution in [0.2, 0.25) is 5.02 Å². The van der Waals surface area contributed by atoms with Crippen LogP contribution in [-0.4, -0.2) is 26.7 Å². The van der Waals surface area contributed by atoms with Gasteiger partial charge in [-0.25, -0.2) is 13.9 Å². The molecule has 2 heterocycles. The molecule has 0 atom stereocenters. The normalized spacial score (nSPS) is 11.3. The number of H-pyrrole nitrogens is 1. The lowest BCUT2D eigenvalue weighted by molar-refractivity contribution is 0.415. The Morgan fingerprint density at radius 2 is 2.09 bits per heavy atom. The Kier molecular flexibility index (Phi) is 3.09. The van der Waals surface area contributed by atoms with Gasteiger partial charge in [0, 0.05) is 11.8 Å². The Balaban J connectivity index is 1.72. The molecule has 4 rings (SSSR count). The highest BCUT2D eigenvalue weighted by Gasteiger charge is 2.11. The maximum absolute atomic E-state index is 13.2. The van der Waals surface area contributed by atoms with Crippen molar-refractivity contribution in [3.05, 3.63) is 47.2 Å². The number of halogens is 2. The molecule has 8 heteroatoms. The molecule has 2 aromatic carbocycles. The van der Waals surface area contributed by atoms with E-state index in [1.807, 2.05) is 18.2 Å². The monoisotopic (exact) mass is 331 g/mol. The summed E-state index contributed by atoms with van der Waals surface area (Å²) in [6.07, 6.45) is 0. The zero-order chi connectivity index (χ0) is 16.0. The summed E-state index contributed by atoms with van der Waals surface area (Å²) in [7, 11) is 1.61. The molecule has 0 radical (unpaired) electrons. The minimum atomic E-state index is -0.466. The minimum Gasteiger partial charge on any atom is -0.497 e. The van der Waals surface area contributed by atoms with E-state index in [0.29, 0.717) is 17.4 Å². The first kappa shape index (κ1) is 13.8. The second kappa shape index (κ2) is 5.13. The molecule has 2 N–H and O–H groups in total. The van der Waals surface area contributed by atoms with Crippen LogP contribution in [0.1, 0.15) is 0 Å². The molecule has 0 spiro atoms. The van der Waals surface area contributed by atoms with Gasteiger partial charge in [-0.3, -0.25) is 5.10 Å². The van der Waals surface area contributed by atoms with Gasteiger partial charge in [0.1, 0.15) is 11.6 Å². The zero-order valence-corrected chi connectivity index (χ0v) is 12.7. The SMILES string of the molecule is COc1ccc2c(c1)nc1nc(Nc3ccc(F)c(Cl)c3)[nH]n12. The summed E-state index contributed by atoms with van der Waals surface area (Å²) in [5.41, 5.74) is 2.28. The standard InChI is InChI=1S/C15H11ClFN5O/c1-23-9-3-5-13-12(7-9)19-15-20-14(21-22(13)15)18-8-2-4-11(17)10(16)6-8/h2-7H,1H3,(H2,18,19,20,21). The minimum absolute atomic E-state index is 0.0453. The van der Waals surface area contributed by atoms with Crippen molar-refractivity contribution in [1.82, 2.24) is 19.6 Å². The predicted octanol–water partition coefficient (Wildman–Crippen LogP) is 3.76. The lowest BCUT2D eigenvalue weighted by atomic mass is 10.3. The van der Waals surface area contributed by atoms with Gasteiger partial charge in [0.15, 0.2) is 0 Å². The van der Waals surface area contributed by atoms with Crippen molar-refractivity contribution in [1.29, 1.82) is 0 Å². The average molecular weight is 332 g/mol. The first-order valence-electron chi connectivity index (χ1n) is 6.78. The van der Waals surface area contributed by atoms with Gasteiger partial charge in [-0.15, -0.1) is 0 Å². The summed E-state index contributed by atoms with van der Waals surface area (Å²) in [5.74, 6) is 1.26. The van der Waals surface area contributed by atoms with Crippen molar-refractivity contribution in [3.8, 4) is 5.75 Å². The summed E-state index contributed by atoms with van der Waals surface area (Å²) in [5, 5.41) is 6.17. The van der Waals surface area contributed by atoms with E-state index in [2.05, 4.69) is 20.4 Å². The van der Waals surface area contributed by atoms with Gasteiger partial charge in [-0.2, -0.15) is 4.98 Å². The van der Waals surface area contributed by atoms with Gasteiger partial charge in [0.05, 0.1) is 23.2 Å². The van der Waals surface area contributed by atoms with Gasteiger partial charge < -0.3 is 10.1 Å². The Hall–Kier alpha value is -2.80. The lowest BCUT2D eigenvalue weighted by Crippen LogP contribution is -1.94. The van der Waals surface area contributed by atoms with Crippen LogP contribution in [0.3, 0.4) is 0 Å². The molecule has 0 saturated heterocycles. The van der Waals surface area contributed by atoms with Gasteiger partial charge in [0.2, 0.25) is 5.95 Å². The number of nitrogens with one attached hydrogen (secondary N) is 2. The fourth-order valence-corrected chi connectivity index (χ4v) is 2.54. The molecule has 6 nitrogen and oxygen atoms in total. The highest BCUT2D eigenvalue weighted by atomic mass is 35.5. The summed E-state index contributed by atoms with van der Waals surface area (Å²) < 4.78 is 20.1. The fourth-order valence-electron chi connectivity index (χ4n) is 2.36. The number of hydrogen-bond acceptors (Lipinski definition) is 4. The van der Waals surface area contributed by atoms with E-state index in [9.17, 15) is 4.39 Å². The Bertz CT molecular complexity index is 1030. The largest absolute Gasteiger partial charge is 0.497 e. The van der Waals surface area contributed by atoms with Gasteiger partial charge in [0.25, 0.3) is 5.78 Å². The molecule has 0 fully saturated rings. The maximum atomic E-state index is 13.2. The van der Waals surface area contributed by atoms with Crippen LogP contribution in [0, 0.1) is 5.82 Å². The highest BCUT2D eigenvalue weighted by molar-refractivity contribution is 6.31. The first-order valence-corrected chi connectivity index (χ1v) is 7.16. The highest BCUT2D eigenvalue weighted by Crippen LogP contribution is 2.24. The molecule has 2 aromatic heterocycles. The number of fused-ring (bicyclic) bond motifs is 3. The predicted molar refractivity (Wildman–Crippen MR) is 86.1 cm³/mol. The first-order chi connectivity index (χ1) is 11.1. The Morgan fingerprint density at radius 3 is 2.87 bits per heavy atom. The summed E-state index contributed by atoms with van der Waals surface area (Å²) in [4.78, 5) is 8.79. The zero-order valence-electron chi connectivity index (χ0n) is 12.0. The number of imidazole rings is 1. The van der Waals surface area contributed by atoms with Crippen LogP contribution in [-0.2, 0) is 0 Å².